The second-order valence-corrected chi connectivity index (χ2v) is 6.92. The van der Waals surface area contributed by atoms with Crippen LogP contribution in [0.25, 0.3) is 0 Å². The lowest BCUT2D eigenvalue weighted by Crippen LogP contribution is -2.48. The van der Waals surface area contributed by atoms with Gasteiger partial charge in [-0.25, -0.2) is 0 Å². The number of piperazine rings is 1. The molecule has 0 aliphatic carbocycles. The molecule has 0 radical (unpaired) electrons. The molecule has 1 N–H and O–H groups in total. The van der Waals surface area contributed by atoms with Crippen LogP contribution >= 0.6 is 11.3 Å². The first kappa shape index (κ1) is 16.7. The van der Waals surface area contributed by atoms with Crippen molar-refractivity contribution in [3.8, 4) is 0 Å². The molecule has 2 amide bonds. The number of likely N-dealkylation sites (N-methyl/N-ethyl adjacent to an activating group) is 1. The smallest absolute Gasteiger partial charge is 0.244 e. The minimum absolute atomic E-state index is 0.0580. The first-order chi connectivity index (χ1) is 11.6. The van der Waals surface area contributed by atoms with Crippen molar-refractivity contribution >= 4 is 29.0 Å². The molecule has 7 nitrogen and oxygen atoms in total. The molecule has 0 spiro atoms. The van der Waals surface area contributed by atoms with Gasteiger partial charge in [-0.1, -0.05) is 6.07 Å². The minimum Gasteiger partial charge on any atom is -0.339 e. The number of aromatic nitrogens is 2. The summed E-state index contributed by atoms with van der Waals surface area (Å²) in [6.07, 6.45) is 2.06. The van der Waals surface area contributed by atoms with E-state index in [-0.39, 0.29) is 18.4 Å². The van der Waals surface area contributed by atoms with Crippen LogP contribution in [0.4, 0.5) is 5.82 Å². The number of carbonyl (C=O) groups excluding carboxylic acids is 2. The first-order valence-corrected chi connectivity index (χ1v) is 8.80. The first-order valence-electron chi connectivity index (χ1n) is 7.92. The van der Waals surface area contributed by atoms with Gasteiger partial charge >= 0.3 is 0 Å². The number of nitrogens with zero attached hydrogens (tertiary/aromatic N) is 4. The van der Waals surface area contributed by atoms with Crippen molar-refractivity contribution in [1.82, 2.24) is 19.6 Å². The van der Waals surface area contributed by atoms with E-state index in [0.717, 1.165) is 31.1 Å². The number of hydrogen-bond acceptors (Lipinski definition) is 5. The van der Waals surface area contributed by atoms with Crippen LogP contribution in [-0.4, -0.2) is 64.6 Å². The number of rotatable bonds is 5. The van der Waals surface area contributed by atoms with Crippen LogP contribution in [0.1, 0.15) is 4.88 Å². The fraction of sp³-hybridized carbons (Fsp3) is 0.438. The second kappa shape index (κ2) is 7.59. The van der Waals surface area contributed by atoms with E-state index >= 15 is 0 Å². The number of anilines is 1. The fourth-order valence-corrected chi connectivity index (χ4v) is 3.27. The lowest BCUT2D eigenvalue weighted by molar-refractivity contribution is -0.133. The highest BCUT2D eigenvalue weighted by Crippen LogP contribution is 2.11. The molecule has 1 aliphatic rings. The van der Waals surface area contributed by atoms with Crippen LogP contribution in [-0.2, 0) is 22.6 Å². The molecule has 0 bridgehead atoms. The molecule has 1 saturated heterocycles. The van der Waals surface area contributed by atoms with Gasteiger partial charge in [-0.05, 0) is 18.5 Å². The predicted octanol–water partition coefficient (Wildman–Crippen LogP) is 0.900. The third-order valence-electron chi connectivity index (χ3n) is 3.98. The van der Waals surface area contributed by atoms with Gasteiger partial charge in [-0.2, -0.15) is 5.10 Å². The quantitative estimate of drug-likeness (QED) is 0.872. The Kier molecular flexibility index (Phi) is 5.27. The predicted molar refractivity (Wildman–Crippen MR) is 93.0 cm³/mol. The summed E-state index contributed by atoms with van der Waals surface area (Å²) in [6, 6.07) is 5.56. The Hall–Kier alpha value is -2.19. The Labute approximate surface area is 144 Å². The molecular weight excluding hydrogens is 326 g/mol. The van der Waals surface area contributed by atoms with Crippen molar-refractivity contribution in [3.05, 3.63) is 34.7 Å². The lowest BCUT2D eigenvalue weighted by Gasteiger charge is -2.32. The molecule has 128 valence electrons. The van der Waals surface area contributed by atoms with Crippen LogP contribution in [0.2, 0.25) is 0 Å². The highest BCUT2D eigenvalue weighted by molar-refractivity contribution is 7.10. The van der Waals surface area contributed by atoms with Gasteiger partial charge in [0, 0.05) is 43.3 Å². The van der Waals surface area contributed by atoms with Gasteiger partial charge in [0.05, 0.1) is 6.42 Å². The molecule has 2 aromatic heterocycles. The van der Waals surface area contributed by atoms with Crippen molar-refractivity contribution in [2.45, 2.75) is 13.0 Å². The van der Waals surface area contributed by atoms with Crippen LogP contribution in [0.5, 0.6) is 0 Å². The summed E-state index contributed by atoms with van der Waals surface area (Å²) in [6.45, 7) is 3.50. The molecule has 1 aliphatic heterocycles. The molecular formula is C16H21N5O2S. The highest BCUT2D eigenvalue weighted by Gasteiger charge is 2.19. The summed E-state index contributed by atoms with van der Waals surface area (Å²) in [4.78, 5) is 29.3. The number of hydrogen-bond donors (Lipinski definition) is 1. The van der Waals surface area contributed by atoms with E-state index in [0.29, 0.717) is 12.2 Å². The molecule has 3 rings (SSSR count). The van der Waals surface area contributed by atoms with Crippen LogP contribution in [0, 0.1) is 0 Å². The Morgan fingerprint density at radius 1 is 1.25 bits per heavy atom. The molecule has 3 heterocycles. The van der Waals surface area contributed by atoms with Crippen molar-refractivity contribution < 1.29 is 9.59 Å². The van der Waals surface area contributed by atoms with Gasteiger partial charge in [0.2, 0.25) is 11.8 Å². The molecule has 8 heteroatoms. The summed E-state index contributed by atoms with van der Waals surface area (Å²) in [5, 5.41) is 8.97. The highest BCUT2D eigenvalue weighted by atomic mass is 32.1. The average Bonchev–Trinajstić information content (AvgIpc) is 3.20. The molecule has 0 atom stereocenters. The van der Waals surface area contributed by atoms with Gasteiger partial charge in [-0.3, -0.25) is 14.3 Å². The summed E-state index contributed by atoms with van der Waals surface area (Å²) in [5.74, 6) is 0.429. The number of nitrogens with one attached hydrogen (secondary N) is 1. The second-order valence-electron chi connectivity index (χ2n) is 5.89. The van der Waals surface area contributed by atoms with E-state index in [2.05, 4.69) is 22.4 Å². The standard InChI is InChI=1S/C16H21N5O2S/c1-19-6-8-20(9-7-19)16(23)12-21-5-4-14(18-21)17-15(22)11-13-3-2-10-24-13/h2-5,10H,6-9,11-12H2,1H3,(H,17,18,22). The number of amides is 2. The van der Waals surface area contributed by atoms with Crippen LogP contribution in [0.15, 0.2) is 29.8 Å². The van der Waals surface area contributed by atoms with E-state index in [1.165, 1.54) is 0 Å². The van der Waals surface area contributed by atoms with Crippen LogP contribution < -0.4 is 5.32 Å². The topological polar surface area (TPSA) is 70.5 Å². The normalized spacial score (nSPS) is 15.5. The zero-order chi connectivity index (χ0) is 16.9. The van der Waals surface area contributed by atoms with Crippen LogP contribution in [0.3, 0.4) is 0 Å². The van der Waals surface area contributed by atoms with E-state index in [1.54, 1.807) is 28.3 Å². The summed E-state index contributed by atoms with van der Waals surface area (Å²) >= 11 is 1.55. The van der Waals surface area contributed by atoms with E-state index in [1.807, 2.05) is 22.4 Å². The molecule has 2 aromatic rings. The maximum absolute atomic E-state index is 12.3. The Balaban J connectivity index is 1.50. The van der Waals surface area contributed by atoms with Crippen molar-refractivity contribution in [2.75, 3.05) is 38.5 Å². The fourth-order valence-electron chi connectivity index (χ4n) is 2.57. The maximum Gasteiger partial charge on any atom is 0.244 e. The molecule has 1 fully saturated rings. The summed E-state index contributed by atoms with van der Waals surface area (Å²) in [7, 11) is 2.06. The SMILES string of the molecule is CN1CCN(C(=O)Cn2ccc(NC(=O)Cc3cccs3)n2)CC1. The van der Waals surface area contributed by atoms with Crippen molar-refractivity contribution in [2.24, 2.45) is 0 Å². The van der Waals surface area contributed by atoms with E-state index in [9.17, 15) is 9.59 Å². The van der Waals surface area contributed by atoms with Gasteiger partial charge in [-0.15, -0.1) is 11.3 Å². The minimum atomic E-state index is -0.104. The average molecular weight is 347 g/mol. The zero-order valence-electron chi connectivity index (χ0n) is 13.6. The third kappa shape index (κ3) is 4.42. The van der Waals surface area contributed by atoms with Gasteiger partial charge in [0.25, 0.3) is 0 Å². The Morgan fingerprint density at radius 3 is 2.75 bits per heavy atom. The van der Waals surface area contributed by atoms with Gasteiger partial charge < -0.3 is 15.1 Å². The van der Waals surface area contributed by atoms with E-state index in [4.69, 9.17) is 0 Å². The monoisotopic (exact) mass is 347 g/mol. The zero-order valence-corrected chi connectivity index (χ0v) is 14.5. The van der Waals surface area contributed by atoms with Gasteiger partial charge in [0.1, 0.15) is 6.54 Å². The van der Waals surface area contributed by atoms with Gasteiger partial charge in [0.15, 0.2) is 5.82 Å². The number of thiophene rings is 1. The molecule has 0 saturated carbocycles. The Bertz CT molecular complexity index is 689. The summed E-state index contributed by atoms with van der Waals surface area (Å²) < 4.78 is 1.57. The van der Waals surface area contributed by atoms with E-state index < -0.39 is 0 Å². The molecule has 24 heavy (non-hydrogen) atoms. The largest absolute Gasteiger partial charge is 0.339 e. The van der Waals surface area contributed by atoms with Crippen molar-refractivity contribution in [3.63, 3.8) is 0 Å². The van der Waals surface area contributed by atoms with Crippen molar-refractivity contribution in [1.29, 1.82) is 0 Å². The summed E-state index contributed by atoms with van der Waals surface area (Å²) in [5.41, 5.74) is 0. The molecule has 0 unspecified atom stereocenters. The third-order valence-corrected chi connectivity index (χ3v) is 4.85. The lowest BCUT2D eigenvalue weighted by atomic mass is 10.3. The maximum atomic E-state index is 12.3. The Morgan fingerprint density at radius 2 is 2.04 bits per heavy atom. The molecule has 0 aromatic carbocycles. The number of carbonyl (C=O) groups is 2.